The predicted octanol–water partition coefficient (Wildman–Crippen LogP) is 15.1. The number of aromatic nitrogens is 2. The first kappa shape index (κ1) is 41.1. The summed E-state index contributed by atoms with van der Waals surface area (Å²) in [5, 5.41) is 43.8. The van der Waals surface area contributed by atoms with E-state index in [2.05, 4.69) is 39.5 Å². The Labute approximate surface area is 387 Å². The SMILES string of the molecule is N#Cc1ccc(-n2c3ccccc3c3cc(-c4ccccc4C#N)ccc32)c(-c2cc(-n3c4ccccc4c4cc(-c5ccccc5C#N)ccc43)ccc2-c2ccc(C#N)cc2C(F)(F)F)c1. The zero-order chi connectivity index (χ0) is 46.7. The molecule has 0 fully saturated rings. The molecule has 0 aliphatic rings. The van der Waals surface area contributed by atoms with Gasteiger partial charge in [-0.25, -0.2) is 0 Å². The molecule has 2 heterocycles. The van der Waals surface area contributed by atoms with Crippen LogP contribution in [-0.2, 0) is 6.18 Å². The summed E-state index contributed by atoms with van der Waals surface area (Å²) in [5.41, 5.74) is 9.17. The summed E-state index contributed by atoms with van der Waals surface area (Å²) in [5.74, 6) is 0. The van der Waals surface area contributed by atoms with Crippen molar-refractivity contribution in [2.45, 2.75) is 6.18 Å². The summed E-state index contributed by atoms with van der Waals surface area (Å²) in [4.78, 5) is 0. The minimum atomic E-state index is -4.82. The van der Waals surface area contributed by atoms with Crippen molar-refractivity contribution in [1.82, 2.24) is 9.13 Å². The molecule has 0 atom stereocenters. The third-order valence-corrected chi connectivity index (χ3v) is 12.7. The van der Waals surface area contributed by atoms with E-state index >= 15 is 13.2 Å². The van der Waals surface area contributed by atoms with E-state index in [9.17, 15) is 21.0 Å². The van der Waals surface area contributed by atoms with E-state index < -0.39 is 11.7 Å². The van der Waals surface area contributed by atoms with Crippen molar-refractivity contribution in [2.24, 2.45) is 0 Å². The minimum absolute atomic E-state index is 0.127. The summed E-state index contributed by atoms with van der Waals surface area (Å²) in [7, 11) is 0. The van der Waals surface area contributed by atoms with E-state index in [1.54, 1.807) is 36.4 Å². The van der Waals surface area contributed by atoms with Crippen LogP contribution in [0.2, 0.25) is 0 Å². The van der Waals surface area contributed by atoms with Gasteiger partial charge in [0.05, 0.1) is 79.8 Å². The van der Waals surface area contributed by atoms with Crippen LogP contribution in [0.5, 0.6) is 0 Å². The highest BCUT2D eigenvalue weighted by Crippen LogP contribution is 2.46. The Kier molecular flexibility index (Phi) is 9.72. The van der Waals surface area contributed by atoms with Gasteiger partial charge in [-0.3, -0.25) is 0 Å². The Morgan fingerprint density at radius 1 is 0.353 bits per heavy atom. The molecule has 318 valence electrons. The maximum absolute atomic E-state index is 15.2. The van der Waals surface area contributed by atoms with Crippen LogP contribution in [0, 0.1) is 45.3 Å². The molecule has 6 nitrogen and oxygen atoms in total. The lowest BCUT2D eigenvalue weighted by Crippen LogP contribution is -2.08. The standard InChI is InChI=1S/C59H31F3N6/c60-59(61,62)53-28-37(33-64)17-22-46(53)45-23-21-42(67-54-15-7-5-13-47(54)51-29-38(19-25-56(51)67)43-11-3-1-9-40(43)34-65)31-49(45)50-27-36(32-63)18-24-57(50)68-55-16-8-6-14-48(55)52-30-39(20-26-58(52)68)44-12-4-2-10-41(44)35-66/h1-31H. The summed E-state index contributed by atoms with van der Waals surface area (Å²) in [6.07, 6.45) is -4.82. The molecule has 2 aromatic heterocycles. The van der Waals surface area contributed by atoms with Crippen molar-refractivity contribution < 1.29 is 13.2 Å². The van der Waals surface area contributed by atoms with Gasteiger partial charge >= 0.3 is 6.18 Å². The Bertz CT molecular complexity index is 4090. The van der Waals surface area contributed by atoms with E-state index in [0.29, 0.717) is 39.2 Å². The number of nitrogens with zero attached hydrogens (tertiary/aromatic N) is 6. The minimum Gasteiger partial charge on any atom is -0.309 e. The first-order chi connectivity index (χ1) is 33.2. The van der Waals surface area contributed by atoms with Crippen molar-refractivity contribution in [3.05, 3.63) is 216 Å². The second-order valence-electron chi connectivity index (χ2n) is 16.4. The van der Waals surface area contributed by atoms with E-state index in [1.165, 1.54) is 12.1 Å². The Morgan fingerprint density at radius 2 is 0.853 bits per heavy atom. The zero-order valence-corrected chi connectivity index (χ0v) is 35.7. The van der Waals surface area contributed by atoms with Crippen LogP contribution in [0.4, 0.5) is 13.2 Å². The third-order valence-electron chi connectivity index (χ3n) is 12.7. The first-order valence-corrected chi connectivity index (χ1v) is 21.6. The quantitative estimate of drug-likeness (QED) is 0.166. The number of benzene rings is 9. The molecule has 9 aromatic carbocycles. The van der Waals surface area contributed by atoms with Crippen molar-refractivity contribution in [3.8, 4) is 80.2 Å². The van der Waals surface area contributed by atoms with E-state index in [0.717, 1.165) is 71.9 Å². The molecule has 0 bridgehead atoms. The monoisotopic (exact) mass is 880 g/mol. The van der Waals surface area contributed by atoms with Gasteiger partial charge in [0.25, 0.3) is 0 Å². The molecule has 0 spiro atoms. The number of nitriles is 4. The number of rotatable bonds is 6. The fourth-order valence-corrected chi connectivity index (χ4v) is 9.71. The van der Waals surface area contributed by atoms with Gasteiger partial charge in [0.1, 0.15) is 0 Å². The van der Waals surface area contributed by atoms with Crippen molar-refractivity contribution in [1.29, 1.82) is 21.0 Å². The van der Waals surface area contributed by atoms with Crippen LogP contribution < -0.4 is 0 Å². The molecule has 0 radical (unpaired) electrons. The molecule has 0 N–H and O–H groups in total. The normalized spacial score (nSPS) is 11.4. The highest BCUT2D eigenvalue weighted by atomic mass is 19.4. The van der Waals surface area contributed by atoms with Crippen LogP contribution >= 0.6 is 0 Å². The van der Waals surface area contributed by atoms with Gasteiger partial charge in [-0.05, 0) is 130 Å². The number of para-hydroxylation sites is 2. The van der Waals surface area contributed by atoms with Gasteiger partial charge in [0, 0.05) is 32.8 Å². The van der Waals surface area contributed by atoms with E-state index in [1.807, 2.05) is 127 Å². The molecular weight excluding hydrogens is 850 g/mol. The fourth-order valence-electron chi connectivity index (χ4n) is 9.71. The summed E-state index contributed by atoms with van der Waals surface area (Å²) in [6, 6.07) is 65.6. The van der Waals surface area contributed by atoms with Crippen molar-refractivity contribution in [3.63, 3.8) is 0 Å². The molecule has 0 saturated carbocycles. The van der Waals surface area contributed by atoms with Gasteiger partial charge in [0.15, 0.2) is 0 Å². The lowest BCUT2D eigenvalue weighted by molar-refractivity contribution is -0.137. The van der Waals surface area contributed by atoms with Gasteiger partial charge < -0.3 is 9.13 Å². The molecule has 0 amide bonds. The van der Waals surface area contributed by atoms with Gasteiger partial charge in [-0.15, -0.1) is 0 Å². The Morgan fingerprint density at radius 3 is 1.44 bits per heavy atom. The highest BCUT2D eigenvalue weighted by Gasteiger charge is 2.35. The molecular formula is C59H31F3N6. The Balaban J connectivity index is 1.22. The molecule has 9 heteroatoms. The maximum Gasteiger partial charge on any atom is 0.417 e. The van der Waals surface area contributed by atoms with Crippen molar-refractivity contribution in [2.75, 3.05) is 0 Å². The Hall–Kier alpha value is -9.67. The number of hydrogen-bond acceptors (Lipinski definition) is 4. The van der Waals surface area contributed by atoms with Crippen LogP contribution in [0.1, 0.15) is 27.8 Å². The highest BCUT2D eigenvalue weighted by molar-refractivity contribution is 6.12. The molecule has 11 aromatic rings. The smallest absolute Gasteiger partial charge is 0.309 e. The second kappa shape index (κ2) is 16.1. The molecule has 0 unspecified atom stereocenters. The van der Waals surface area contributed by atoms with Crippen LogP contribution in [0.25, 0.3) is 99.5 Å². The molecule has 0 aliphatic heterocycles. The lowest BCUT2D eigenvalue weighted by Gasteiger charge is -2.21. The van der Waals surface area contributed by atoms with Crippen LogP contribution in [-0.4, -0.2) is 9.13 Å². The first-order valence-electron chi connectivity index (χ1n) is 21.6. The van der Waals surface area contributed by atoms with E-state index in [4.69, 9.17) is 0 Å². The van der Waals surface area contributed by atoms with Gasteiger partial charge in [-0.1, -0.05) is 97.1 Å². The maximum atomic E-state index is 15.2. The number of fused-ring (bicyclic) bond motifs is 6. The van der Waals surface area contributed by atoms with Crippen LogP contribution in [0.3, 0.4) is 0 Å². The summed E-state index contributed by atoms with van der Waals surface area (Å²) >= 11 is 0. The van der Waals surface area contributed by atoms with Gasteiger partial charge in [0.2, 0.25) is 0 Å². The molecule has 0 saturated heterocycles. The lowest BCUT2D eigenvalue weighted by atomic mass is 9.89. The summed E-state index contributed by atoms with van der Waals surface area (Å²) in [6.45, 7) is 0. The third kappa shape index (κ3) is 6.63. The predicted molar refractivity (Wildman–Crippen MR) is 261 cm³/mol. The molecule has 0 aliphatic carbocycles. The van der Waals surface area contributed by atoms with Gasteiger partial charge in [-0.2, -0.15) is 34.2 Å². The molecule has 68 heavy (non-hydrogen) atoms. The molecule has 11 rings (SSSR count). The number of halogens is 3. The average molecular weight is 881 g/mol. The second-order valence-corrected chi connectivity index (χ2v) is 16.4. The topological polar surface area (TPSA) is 105 Å². The zero-order valence-electron chi connectivity index (χ0n) is 35.7. The van der Waals surface area contributed by atoms with Crippen LogP contribution in [0.15, 0.2) is 188 Å². The van der Waals surface area contributed by atoms with Crippen molar-refractivity contribution >= 4 is 43.6 Å². The van der Waals surface area contributed by atoms with E-state index in [-0.39, 0.29) is 16.7 Å². The number of hydrogen-bond donors (Lipinski definition) is 0. The fraction of sp³-hybridized carbons (Fsp3) is 0.0169. The average Bonchev–Trinajstić information content (AvgIpc) is 3.90. The number of alkyl halides is 3. The largest absolute Gasteiger partial charge is 0.417 e. The summed E-state index contributed by atoms with van der Waals surface area (Å²) < 4.78 is 49.8.